The van der Waals surface area contributed by atoms with Crippen LogP contribution in [0.1, 0.15) is 52.9 Å². The van der Waals surface area contributed by atoms with Crippen molar-refractivity contribution >= 4 is 11.8 Å². The molecule has 4 atom stereocenters. The molecular formula is C17H30O2S. The standard InChI is InChI=1S/C17H30O2S/c1-5-6-13(2)17(3)18-12-15-11-14(9-10-20-4)7-8-16(15)19-17/h11,13,15-16H,5-10,12H2,1-4H3. The first kappa shape index (κ1) is 16.4. The Kier molecular flexibility index (Phi) is 6.00. The SMILES string of the molecule is CCCC(C)C1(C)OCC2C=C(CCSC)CCC2O1. The zero-order valence-corrected chi connectivity index (χ0v) is 14.3. The van der Waals surface area contributed by atoms with Gasteiger partial charge < -0.3 is 9.47 Å². The van der Waals surface area contributed by atoms with Crippen LogP contribution in [0.25, 0.3) is 0 Å². The van der Waals surface area contributed by atoms with Crippen molar-refractivity contribution in [1.82, 2.24) is 0 Å². The molecule has 2 nitrogen and oxygen atoms in total. The van der Waals surface area contributed by atoms with Gasteiger partial charge in [0, 0.05) is 11.8 Å². The van der Waals surface area contributed by atoms with Gasteiger partial charge in [-0.1, -0.05) is 31.9 Å². The summed E-state index contributed by atoms with van der Waals surface area (Å²) in [7, 11) is 0. The molecule has 0 radical (unpaired) electrons. The highest BCUT2D eigenvalue weighted by Gasteiger charge is 2.43. The van der Waals surface area contributed by atoms with Gasteiger partial charge in [0.1, 0.15) is 0 Å². The van der Waals surface area contributed by atoms with Crippen LogP contribution in [0.3, 0.4) is 0 Å². The van der Waals surface area contributed by atoms with Crippen molar-refractivity contribution in [3.8, 4) is 0 Å². The van der Waals surface area contributed by atoms with Gasteiger partial charge in [-0.05, 0) is 44.6 Å². The highest BCUT2D eigenvalue weighted by molar-refractivity contribution is 7.98. The van der Waals surface area contributed by atoms with Crippen LogP contribution in [-0.2, 0) is 9.47 Å². The summed E-state index contributed by atoms with van der Waals surface area (Å²) in [6.45, 7) is 7.45. The van der Waals surface area contributed by atoms with E-state index in [9.17, 15) is 0 Å². The van der Waals surface area contributed by atoms with E-state index >= 15 is 0 Å². The Morgan fingerprint density at radius 1 is 1.50 bits per heavy atom. The third kappa shape index (κ3) is 3.80. The number of ether oxygens (including phenoxy) is 2. The van der Waals surface area contributed by atoms with Gasteiger partial charge in [-0.25, -0.2) is 0 Å². The fourth-order valence-corrected chi connectivity index (χ4v) is 3.79. The van der Waals surface area contributed by atoms with Crippen molar-refractivity contribution in [3.63, 3.8) is 0 Å². The van der Waals surface area contributed by atoms with Crippen molar-refractivity contribution in [2.75, 3.05) is 18.6 Å². The molecule has 3 heteroatoms. The van der Waals surface area contributed by atoms with E-state index in [0.717, 1.165) is 6.61 Å². The van der Waals surface area contributed by atoms with Gasteiger partial charge in [0.2, 0.25) is 0 Å². The summed E-state index contributed by atoms with van der Waals surface area (Å²) in [6, 6.07) is 0. The van der Waals surface area contributed by atoms with Gasteiger partial charge in [0.05, 0.1) is 12.7 Å². The molecule has 1 saturated heterocycles. The zero-order chi connectivity index (χ0) is 14.6. The van der Waals surface area contributed by atoms with Gasteiger partial charge in [0.25, 0.3) is 0 Å². The number of thioether (sulfide) groups is 1. The molecule has 0 bridgehead atoms. The Labute approximate surface area is 128 Å². The van der Waals surface area contributed by atoms with Crippen LogP contribution >= 0.6 is 11.8 Å². The highest BCUT2D eigenvalue weighted by Crippen LogP contribution is 2.39. The average molecular weight is 298 g/mol. The Hall–Kier alpha value is 0.01000. The predicted octanol–water partition coefficient (Wildman–Crippen LogP) is 4.64. The Balaban J connectivity index is 1.95. The molecule has 116 valence electrons. The number of fused-ring (bicyclic) bond motifs is 1. The molecule has 0 amide bonds. The lowest BCUT2D eigenvalue weighted by molar-refractivity contribution is -0.320. The maximum atomic E-state index is 6.37. The van der Waals surface area contributed by atoms with Crippen LogP contribution in [0.5, 0.6) is 0 Å². The third-order valence-electron chi connectivity index (χ3n) is 4.87. The Bertz CT molecular complexity index is 342. The molecule has 0 aromatic heterocycles. The highest BCUT2D eigenvalue weighted by atomic mass is 32.2. The average Bonchev–Trinajstić information content (AvgIpc) is 2.45. The quantitative estimate of drug-likeness (QED) is 0.665. The summed E-state index contributed by atoms with van der Waals surface area (Å²) in [6.07, 6.45) is 11.0. The number of allylic oxidation sites excluding steroid dienone is 1. The molecule has 0 aromatic carbocycles. The van der Waals surface area contributed by atoms with E-state index in [1.165, 1.54) is 37.9 Å². The molecule has 0 aromatic rings. The number of hydrogen-bond acceptors (Lipinski definition) is 3. The lowest BCUT2D eigenvalue weighted by Gasteiger charge is -2.47. The molecular weight excluding hydrogens is 268 g/mol. The minimum atomic E-state index is -0.373. The van der Waals surface area contributed by atoms with E-state index in [4.69, 9.17) is 9.47 Å². The maximum Gasteiger partial charge on any atom is 0.168 e. The molecule has 1 fully saturated rings. The summed E-state index contributed by atoms with van der Waals surface area (Å²) in [5.41, 5.74) is 1.61. The van der Waals surface area contributed by atoms with E-state index in [1.807, 2.05) is 11.8 Å². The fraction of sp³-hybridized carbons (Fsp3) is 0.882. The van der Waals surface area contributed by atoms with Crippen LogP contribution in [0.4, 0.5) is 0 Å². The number of hydrogen-bond donors (Lipinski definition) is 0. The molecule has 0 saturated carbocycles. The molecule has 20 heavy (non-hydrogen) atoms. The molecule has 2 aliphatic rings. The minimum absolute atomic E-state index is 0.367. The van der Waals surface area contributed by atoms with Gasteiger partial charge in [0.15, 0.2) is 5.79 Å². The lowest BCUT2D eigenvalue weighted by atomic mass is 9.85. The molecule has 1 aliphatic carbocycles. The van der Waals surface area contributed by atoms with E-state index < -0.39 is 0 Å². The first-order chi connectivity index (χ1) is 9.59. The van der Waals surface area contributed by atoms with E-state index in [0.29, 0.717) is 17.9 Å². The van der Waals surface area contributed by atoms with Crippen molar-refractivity contribution in [1.29, 1.82) is 0 Å². The van der Waals surface area contributed by atoms with Gasteiger partial charge >= 0.3 is 0 Å². The first-order valence-electron chi connectivity index (χ1n) is 8.09. The second-order valence-corrected chi connectivity index (χ2v) is 7.43. The van der Waals surface area contributed by atoms with E-state index in [1.54, 1.807) is 5.57 Å². The van der Waals surface area contributed by atoms with Crippen molar-refractivity contribution in [2.45, 2.75) is 64.8 Å². The van der Waals surface area contributed by atoms with Crippen LogP contribution in [0, 0.1) is 11.8 Å². The Morgan fingerprint density at radius 3 is 3.00 bits per heavy atom. The third-order valence-corrected chi connectivity index (χ3v) is 5.48. The van der Waals surface area contributed by atoms with Gasteiger partial charge in [-0.2, -0.15) is 11.8 Å². The summed E-state index contributed by atoms with van der Waals surface area (Å²) in [4.78, 5) is 0. The van der Waals surface area contributed by atoms with E-state index in [-0.39, 0.29) is 5.79 Å². The zero-order valence-electron chi connectivity index (χ0n) is 13.5. The summed E-state index contributed by atoms with van der Waals surface area (Å²) < 4.78 is 12.5. The molecule has 4 unspecified atom stereocenters. The van der Waals surface area contributed by atoms with Crippen LogP contribution < -0.4 is 0 Å². The topological polar surface area (TPSA) is 18.5 Å². The van der Waals surface area contributed by atoms with Crippen LogP contribution in [-0.4, -0.2) is 30.5 Å². The second kappa shape index (κ2) is 7.33. The van der Waals surface area contributed by atoms with Gasteiger partial charge in [-0.3, -0.25) is 0 Å². The molecule has 0 N–H and O–H groups in total. The van der Waals surface area contributed by atoms with Crippen LogP contribution in [0.2, 0.25) is 0 Å². The predicted molar refractivity (Wildman–Crippen MR) is 87.1 cm³/mol. The van der Waals surface area contributed by atoms with E-state index in [2.05, 4.69) is 33.1 Å². The van der Waals surface area contributed by atoms with Crippen LogP contribution in [0.15, 0.2) is 11.6 Å². The minimum Gasteiger partial charge on any atom is -0.349 e. The monoisotopic (exact) mass is 298 g/mol. The Morgan fingerprint density at radius 2 is 2.30 bits per heavy atom. The second-order valence-electron chi connectivity index (χ2n) is 6.44. The largest absolute Gasteiger partial charge is 0.349 e. The van der Waals surface area contributed by atoms with Crippen molar-refractivity contribution in [3.05, 3.63) is 11.6 Å². The normalized spacial score (nSPS) is 35.3. The number of rotatable bonds is 6. The first-order valence-corrected chi connectivity index (χ1v) is 9.48. The van der Waals surface area contributed by atoms with Gasteiger partial charge in [-0.15, -0.1) is 0 Å². The summed E-state index contributed by atoms with van der Waals surface area (Å²) in [5, 5.41) is 0. The fourth-order valence-electron chi connectivity index (χ4n) is 3.33. The molecule has 1 heterocycles. The summed E-state index contributed by atoms with van der Waals surface area (Å²) in [5.74, 6) is 1.80. The smallest absolute Gasteiger partial charge is 0.168 e. The van der Waals surface area contributed by atoms with Crippen molar-refractivity contribution in [2.24, 2.45) is 11.8 Å². The molecule has 1 aliphatic heterocycles. The van der Waals surface area contributed by atoms with Crippen molar-refractivity contribution < 1.29 is 9.47 Å². The maximum absolute atomic E-state index is 6.37. The molecule has 0 spiro atoms. The molecule has 2 rings (SSSR count). The lowest BCUT2D eigenvalue weighted by Crippen LogP contribution is -2.51. The summed E-state index contributed by atoms with van der Waals surface area (Å²) >= 11 is 1.93.